The summed E-state index contributed by atoms with van der Waals surface area (Å²) in [6, 6.07) is 0. The van der Waals surface area contributed by atoms with Gasteiger partial charge < -0.3 is 24.1 Å². The van der Waals surface area contributed by atoms with Crippen LogP contribution in [0.4, 0.5) is 0 Å². The Bertz CT molecular complexity index is 721. The van der Waals surface area contributed by atoms with Crippen LogP contribution in [0, 0.1) is 23.7 Å². The first kappa shape index (κ1) is 24.3. The van der Waals surface area contributed by atoms with Crippen molar-refractivity contribution in [3.63, 3.8) is 0 Å². The Morgan fingerprint density at radius 1 is 0.897 bits per heavy atom. The molecule has 1 saturated carbocycles. The Kier molecular flexibility index (Phi) is 8.07. The molecule has 0 radical (unpaired) electrons. The molecule has 0 aromatic carbocycles. The first-order chi connectivity index (χ1) is 13.5. The zero-order valence-corrected chi connectivity index (χ0v) is 17.2. The van der Waals surface area contributed by atoms with Crippen molar-refractivity contribution in [1.29, 1.82) is 0 Å². The molecule has 0 saturated heterocycles. The van der Waals surface area contributed by atoms with E-state index < -0.39 is 65.4 Å². The van der Waals surface area contributed by atoms with Crippen molar-refractivity contribution in [2.75, 3.05) is 28.4 Å². The molecule has 0 aromatic rings. The van der Waals surface area contributed by atoms with Gasteiger partial charge in [-0.1, -0.05) is 11.6 Å². The Morgan fingerprint density at radius 2 is 1.38 bits per heavy atom. The minimum atomic E-state index is -2.37. The summed E-state index contributed by atoms with van der Waals surface area (Å²) < 4.78 is 18.6. The van der Waals surface area contributed by atoms with Crippen LogP contribution in [0.2, 0.25) is 0 Å². The van der Waals surface area contributed by atoms with Crippen LogP contribution in [0.5, 0.6) is 0 Å². The lowest BCUT2D eigenvalue weighted by molar-refractivity contribution is -0.197. The monoisotopic (exact) mass is 414 g/mol. The normalized spacial score (nSPS) is 28.7. The lowest BCUT2D eigenvalue weighted by Crippen LogP contribution is -2.65. The number of carbonyl (C=O) groups is 5. The van der Waals surface area contributed by atoms with Crippen LogP contribution in [0.25, 0.3) is 0 Å². The Morgan fingerprint density at radius 3 is 1.79 bits per heavy atom. The maximum Gasteiger partial charge on any atom is 0.317 e. The number of Topliss-reactive ketones (excluding diaryl/α,β-unsaturated/α-hetero) is 1. The number of allylic oxidation sites excluding steroid dienone is 1. The van der Waals surface area contributed by atoms with Crippen LogP contribution in [0.15, 0.2) is 11.6 Å². The molecular formula is C19H26O10. The summed E-state index contributed by atoms with van der Waals surface area (Å²) in [6.07, 6.45) is 0.595. The molecule has 1 N–H and O–H groups in total. The van der Waals surface area contributed by atoms with Gasteiger partial charge in [-0.3, -0.25) is 24.0 Å². The molecule has 0 heterocycles. The zero-order chi connectivity index (χ0) is 22.5. The maximum atomic E-state index is 13.1. The Labute approximate surface area is 168 Å². The molecule has 0 aromatic heterocycles. The van der Waals surface area contributed by atoms with Crippen molar-refractivity contribution >= 4 is 29.7 Å². The third-order valence-electron chi connectivity index (χ3n) is 4.95. The van der Waals surface area contributed by atoms with Crippen LogP contribution < -0.4 is 0 Å². The minimum absolute atomic E-state index is 0.583. The molecule has 29 heavy (non-hydrogen) atoms. The van der Waals surface area contributed by atoms with Crippen molar-refractivity contribution < 1.29 is 48.0 Å². The summed E-state index contributed by atoms with van der Waals surface area (Å²) in [4.78, 5) is 62.6. The molecule has 162 valence electrons. The van der Waals surface area contributed by atoms with Crippen LogP contribution >= 0.6 is 0 Å². The number of hydrogen-bond acceptors (Lipinski definition) is 10. The number of hydrogen-bond donors (Lipinski definition) is 1. The molecule has 0 spiro atoms. The average Bonchev–Trinajstić information content (AvgIpc) is 2.68. The van der Waals surface area contributed by atoms with E-state index in [-0.39, 0.29) is 0 Å². The van der Waals surface area contributed by atoms with E-state index in [0.717, 1.165) is 28.4 Å². The number of rotatable bonds is 6. The SMILES string of the molecule is COC(=O)C[C@]1(O)[C@@H](C=C(C)C)[C@H](C(=O)OC)C(=O)[C@H](C(=O)OC)[C@@H]1C(=O)OC. The predicted octanol–water partition coefficient (Wildman–Crippen LogP) is -0.187. The predicted molar refractivity (Wildman–Crippen MR) is 96.0 cm³/mol. The molecule has 0 unspecified atom stereocenters. The maximum absolute atomic E-state index is 13.1. The van der Waals surface area contributed by atoms with Gasteiger partial charge >= 0.3 is 23.9 Å². The number of aliphatic hydroxyl groups is 1. The molecule has 0 bridgehead atoms. The number of carbonyl (C=O) groups excluding carboxylic acids is 5. The van der Waals surface area contributed by atoms with Crippen LogP contribution in [0.1, 0.15) is 20.3 Å². The van der Waals surface area contributed by atoms with Crippen molar-refractivity contribution in [2.45, 2.75) is 25.9 Å². The van der Waals surface area contributed by atoms with E-state index in [4.69, 9.17) is 9.47 Å². The highest BCUT2D eigenvalue weighted by Gasteiger charge is 2.65. The van der Waals surface area contributed by atoms with Crippen LogP contribution in [-0.2, 0) is 42.9 Å². The van der Waals surface area contributed by atoms with Crippen LogP contribution in [-0.4, -0.2) is 68.8 Å². The standard InChI is InChI=1S/C19H26O10/c1-9(2)7-10-12(16(22)27-4)15(21)13(17(23)28-5)14(18(24)29-6)19(10,25)8-11(20)26-3/h7,10,12-14,25H,8H2,1-6H3/t10-,12-,13+,14+,19-/m0/s1. The Hall–Kier alpha value is -2.75. The van der Waals surface area contributed by atoms with Gasteiger partial charge in [0, 0.05) is 5.92 Å². The van der Waals surface area contributed by atoms with Gasteiger partial charge in [0.05, 0.1) is 40.5 Å². The molecule has 10 nitrogen and oxygen atoms in total. The van der Waals surface area contributed by atoms with Gasteiger partial charge in [-0.25, -0.2) is 0 Å². The molecule has 0 aliphatic heterocycles. The number of ketones is 1. The summed E-state index contributed by atoms with van der Waals surface area (Å²) >= 11 is 0. The fraction of sp³-hybridized carbons (Fsp3) is 0.632. The summed E-state index contributed by atoms with van der Waals surface area (Å²) in [5, 5.41) is 11.6. The third kappa shape index (κ3) is 4.64. The molecule has 1 rings (SSSR count). The molecule has 1 aliphatic carbocycles. The number of methoxy groups -OCH3 is 4. The van der Waals surface area contributed by atoms with E-state index in [1.165, 1.54) is 6.08 Å². The van der Waals surface area contributed by atoms with Gasteiger partial charge in [-0.15, -0.1) is 0 Å². The van der Waals surface area contributed by atoms with Gasteiger partial charge in [0.25, 0.3) is 0 Å². The topological polar surface area (TPSA) is 142 Å². The van der Waals surface area contributed by atoms with E-state index in [2.05, 4.69) is 9.47 Å². The second-order valence-electron chi connectivity index (χ2n) is 6.92. The van der Waals surface area contributed by atoms with Crippen molar-refractivity contribution in [3.05, 3.63) is 11.6 Å². The van der Waals surface area contributed by atoms with Crippen molar-refractivity contribution in [3.8, 4) is 0 Å². The Balaban J connectivity index is 3.89. The largest absolute Gasteiger partial charge is 0.469 e. The van der Waals surface area contributed by atoms with Gasteiger partial charge in [0.1, 0.15) is 17.8 Å². The second kappa shape index (κ2) is 9.64. The van der Waals surface area contributed by atoms with E-state index in [1.807, 2.05) is 0 Å². The summed E-state index contributed by atoms with van der Waals surface area (Å²) in [7, 11) is 4.09. The molecule has 1 fully saturated rings. The smallest absolute Gasteiger partial charge is 0.317 e. The molecule has 10 heteroatoms. The third-order valence-corrected chi connectivity index (χ3v) is 4.95. The highest BCUT2D eigenvalue weighted by atomic mass is 16.5. The fourth-order valence-corrected chi connectivity index (χ4v) is 3.69. The minimum Gasteiger partial charge on any atom is -0.469 e. The highest BCUT2D eigenvalue weighted by Crippen LogP contribution is 2.48. The van der Waals surface area contributed by atoms with Crippen molar-refractivity contribution in [1.82, 2.24) is 0 Å². The first-order valence-electron chi connectivity index (χ1n) is 8.71. The average molecular weight is 414 g/mol. The van der Waals surface area contributed by atoms with E-state index >= 15 is 0 Å². The number of ether oxygens (including phenoxy) is 4. The van der Waals surface area contributed by atoms with Crippen LogP contribution in [0.3, 0.4) is 0 Å². The fourth-order valence-electron chi connectivity index (χ4n) is 3.69. The lowest BCUT2D eigenvalue weighted by Gasteiger charge is -2.47. The van der Waals surface area contributed by atoms with E-state index in [0.29, 0.717) is 5.57 Å². The molecule has 5 atom stereocenters. The van der Waals surface area contributed by atoms with Crippen molar-refractivity contribution in [2.24, 2.45) is 23.7 Å². The molecule has 1 aliphatic rings. The van der Waals surface area contributed by atoms with E-state index in [1.54, 1.807) is 13.8 Å². The van der Waals surface area contributed by atoms with Gasteiger partial charge in [0.2, 0.25) is 0 Å². The summed E-state index contributed by atoms with van der Waals surface area (Å²) in [6.45, 7) is 3.27. The van der Waals surface area contributed by atoms with Gasteiger partial charge in [-0.2, -0.15) is 0 Å². The van der Waals surface area contributed by atoms with Gasteiger partial charge in [-0.05, 0) is 13.8 Å². The summed E-state index contributed by atoms with van der Waals surface area (Å²) in [5.41, 5.74) is -1.79. The molecular weight excluding hydrogens is 388 g/mol. The molecule has 0 amide bonds. The van der Waals surface area contributed by atoms with Gasteiger partial charge in [0.15, 0.2) is 5.78 Å². The highest BCUT2D eigenvalue weighted by molar-refractivity contribution is 6.12. The second-order valence-corrected chi connectivity index (χ2v) is 6.92. The quantitative estimate of drug-likeness (QED) is 0.269. The van der Waals surface area contributed by atoms with E-state index in [9.17, 15) is 29.1 Å². The first-order valence-corrected chi connectivity index (χ1v) is 8.71. The zero-order valence-electron chi connectivity index (χ0n) is 17.2. The lowest BCUT2D eigenvalue weighted by atomic mass is 9.57. The number of esters is 4. The summed E-state index contributed by atoms with van der Waals surface area (Å²) in [5.74, 6) is -11.9.